The zero-order valence-corrected chi connectivity index (χ0v) is 17.0. The fourth-order valence-electron chi connectivity index (χ4n) is 3.16. The van der Waals surface area contributed by atoms with E-state index in [0.717, 1.165) is 31.0 Å². The molecule has 4 aromatic rings. The molecular weight excluding hydrogens is 412 g/mol. The third kappa shape index (κ3) is 2.76. The quantitative estimate of drug-likeness (QED) is 0.255. The molecule has 0 fully saturated rings. The molecule has 0 saturated heterocycles. The maximum atomic E-state index is 13.8. The van der Waals surface area contributed by atoms with Gasteiger partial charge in [0.25, 0.3) is 0 Å². The Balaban J connectivity index is 1.53. The number of nitrogens with zero attached hydrogens (tertiary/aromatic N) is 1. The highest BCUT2D eigenvalue weighted by molar-refractivity contribution is 7.29. The van der Waals surface area contributed by atoms with Gasteiger partial charge in [0, 0.05) is 26.9 Å². The number of halogens is 1. The normalized spacial score (nSPS) is 15.0. The number of allylic oxidation sites excluding steroid dienone is 1. The molecule has 0 N–H and O–H groups in total. The Morgan fingerprint density at radius 1 is 0.964 bits per heavy atom. The molecule has 1 atom stereocenters. The van der Waals surface area contributed by atoms with Crippen LogP contribution in [0, 0.1) is 5.82 Å². The Labute approximate surface area is 169 Å². The minimum absolute atomic E-state index is 0.0715. The number of aromatic nitrogens is 1. The van der Waals surface area contributed by atoms with E-state index < -0.39 is 11.6 Å². The number of thiazole rings is 1. The van der Waals surface area contributed by atoms with E-state index >= 15 is 0 Å². The van der Waals surface area contributed by atoms with E-state index in [2.05, 4.69) is 14.2 Å². The zero-order valence-electron chi connectivity index (χ0n) is 14.2. The highest BCUT2D eigenvalue weighted by Gasteiger charge is 2.34. The summed E-state index contributed by atoms with van der Waals surface area (Å²) in [6.45, 7) is 0. The Morgan fingerprint density at radius 2 is 1.68 bits per heavy atom. The fourth-order valence-corrected chi connectivity index (χ4v) is 5.58. The van der Waals surface area contributed by atoms with Gasteiger partial charge >= 0.3 is 0 Å². The molecule has 2 heterocycles. The number of rotatable bonds is 2. The molecule has 0 bridgehead atoms. The second kappa shape index (κ2) is 6.52. The van der Waals surface area contributed by atoms with Gasteiger partial charge in [-0.3, -0.25) is 9.59 Å². The number of ketones is 2. The standard InChI is InChI=1S/C21H11FNO2PS2/c22-15-8-12-13(9-16(15)26)19(25)14(18(12)24)6-11-7-17-21(27-11)23-20(28-17)10-4-2-1-3-5-10/h1-9H,26H2/b14-6-. The molecule has 2 aromatic heterocycles. The SMILES string of the molecule is O=C1/C(=C/c2cc3sc(-c4ccccc4)nc3s2)C(=O)c2cc(P)c(F)cc21. The van der Waals surface area contributed by atoms with Crippen LogP contribution in [-0.4, -0.2) is 16.6 Å². The number of benzene rings is 2. The minimum Gasteiger partial charge on any atom is -0.288 e. The third-order valence-corrected chi connectivity index (χ3v) is 7.13. The van der Waals surface area contributed by atoms with Gasteiger partial charge in [0.05, 0.1) is 10.3 Å². The van der Waals surface area contributed by atoms with Crippen molar-refractivity contribution >= 4 is 64.4 Å². The smallest absolute Gasteiger partial charge is 0.197 e. The van der Waals surface area contributed by atoms with Crippen molar-refractivity contribution < 1.29 is 14.0 Å². The monoisotopic (exact) mass is 423 g/mol. The molecule has 0 aliphatic heterocycles. The summed E-state index contributed by atoms with van der Waals surface area (Å²) in [6.07, 6.45) is 1.59. The van der Waals surface area contributed by atoms with E-state index in [0.29, 0.717) is 0 Å². The summed E-state index contributed by atoms with van der Waals surface area (Å²) in [7, 11) is 2.24. The number of carbonyl (C=O) groups excluding carboxylic acids is 2. The maximum Gasteiger partial charge on any atom is 0.197 e. The molecular formula is C21H11FNO2PS2. The summed E-state index contributed by atoms with van der Waals surface area (Å²) in [5.41, 5.74) is 1.51. The molecule has 28 heavy (non-hydrogen) atoms. The first kappa shape index (κ1) is 17.6. The van der Waals surface area contributed by atoms with E-state index in [9.17, 15) is 14.0 Å². The Hall–Kier alpha value is -2.53. The predicted octanol–water partition coefficient (Wildman–Crippen LogP) is 5.13. The Bertz CT molecular complexity index is 1250. The molecule has 0 spiro atoms. The largest absolute Gasteiger partial charge is 0.288 e. The van der Waals surface area contributed by atoms with Crippen LogP contribution >= 0.6 is 31.9 Å². The summed E-state index contributed by atoms with van der Waals surface area (Å²) in [6, 6.07) is 14.4. The van der Waals surface area contributed by atoms with Gasteiger partial charge in [-0.2, -0.15) is 0 Å². The summed E-state index contributed by atoms with van der Waals surface area (Å²) < 4.78 is 14.8. The highest BCUT2D eigenvalue weighted by atomic mass is 32.1. The van der Waals surface area contributed by atoms with Crippen LogP contribution in [0.1, 0.15) is 25.6 Å². The van der Waals surface area contributed by atoms with Crippen molar-refractivity contribution in [2.45, 2.75) is 0 Å². The van der Waals surface area contributed by atoms with Crippen molar-refractivity contribution in [1.82, 2.24) is 4.98 Å². The van der Waals surface area contributed by atoms with Gasteiger partial charge in [0.1, 0.15) is 15.7 Å². The third-order valence-electron chi connectivity index (χ3n) is 4.53. The van der Waals surface area contributed by atoms with E-state index in [1.807, 2.05) is 36.4 Å². The van der Waals surface area contributed by atoms with Crippen molar-refractivity contribution in [3.63, 3.8) is 0 Å². The lowest BCUT2D eigenvalue weighted by molar-refractivity contribution is 0.0990. The van der Waals surface area contributed by atoms with Crippen LogP contribution in [-0.2, 0) is 0 Å². The molecule has 1 unspecified atom stereocenters. The summed E-state index contributed by atoms with van der Waals surface area (Å²) in [5, 5.41) is 1.21. The molecule has 2 aromatic carbocycles. The Morgan fingerprint density at radius 3 is 2.39 bits per heavy atom. The van der Waals surface area contributed by atoms with Crippen LogP contribution in [0.3, 0.4) is 0 Å². The second-order valence-electron chi connectivity index (χ2n) is 6.34. The molecule has 7 heteroatoms. The van der Waals surface area contributed by atoms with Gasteiger partial charge in [0.15, 0.2) is 11.6 Å². The van der Waals surface area contributed by atoms with Crippen LogP contribution in [0.5, 0.6) is 0 Å². The number of Topliss-reactive ketones (excluding diaryl/α,β-unsaturated/α-hetero) is 2. The zero-order chi connectivity index (χ0) is 19.4. The summed E-state index contributed by atoms with van der Waals surface area (Å²) in [5.74, 6) is -1.31. The van der Waals surface area contributed by atoms with E-state index in [-0.39, 0.29) is 27.8 Å². The first-order valence-corrected chi connectivity index (χ1v) is 10.6. The van der Waals surface area contributed by atoms with Crippen molar-refractivity contribution in [3.05, 3.63) is 75.9 Å². The second-order valence-corrected chi connectivity index (χ2v) is 9.05. The van der Waals surface area contributed by atoms with Crippen LogP contribution in [0.4, 0.5) is 4.39 Å². The summed E-state index contributed by atoms with van der Waals surface area (Å²) >= 11 is 3.00. The van der Waals surface area contributed by atoms with Gasteiger partial charge in [0.2, 0.25) is 0 Å². The van der Waals surface area contributed by atoms with Gasteiger partial charge in [-0.15, -0.1) is 31.9 Å². The van der Waals surface area contributed by atoms with Gasteiger partial charge < -0.3 is 0 Å². The highest BCUT2D eigenvalue weighted by Crippen LogP contribution is 2.37. The first-order chi connectivity index (χ1) is 13.5. The van der Waals surface area contributed by atoms with Crippen LogP contribution in [0.15, 0.2) is 54.1 Å². The van der Waals surface area contributed by atoms with Crippen molar-refractivity contribution in [1.29, 1.82) is 0 Å². The van der Waals surface area contributed by atoms with Crippen LogP contribution < -0.4 is 5.30 Å². The van der Waals surface area contributed by atoms with Crippen molar-refractivity contribution in [2.24, 2.45) is 0 Å². The number of fused-ring (bicyclic) bond motifs is 2. The topological polar surface area (TPSA) is 47.0 Å². The molecule has 1 aliphatic carbocycles. The number of hydrogen-bond donors (Lipinski definition) is 0. The van der Waals surface area contributed by atoms with Crippen LogP contribution in [0.2, 0.25) is 0 Å². The van der Waals surface area contributed by atoms with Gasteiger partial charge in [-0.1, -0.05) is 30.3 Å². The molecule has 0 radical (unpaired) electrons. The lowest BCUT2D eigenvalue weighted by Crippen LogP contribution is -2.03. The predicted molar refractivity (Wildman–Crippen MR) is 115 cm³/mol. The molecule has 0 saturated carbocycles. The van der Waals surface area contributed by atoms with Crippen molar-refractivity contribution in [3.8, 4) is 10.6 Å². The molecule has 1 aliphatic rings. The van der Waals surface area contributed by atoms with E-state index in [1.54, 1.807) is 17.4 Å². The number of hydrogen-bond acceptors (Lipinski definition) is 5. The molecule has 0 amide bonds. The fraction of sp³-hybridized carbons (Fsp3) is 0. The minimum atomic E-state index is -0.513. The average molecular weight is 423 g/mol. The van der Waals surface area contributed by atoms with E-state index in [4.69, 9.17) is 0 Å². The Kier molecular flexibility index (Phi) is 4.09. The average Bonchev–Trinajstić information content (AvgIpc) is 3.31. The lowest BCUT2D eigenvalue weighted by atomic mass is 10.1. The summed E-state index contributed by atoms with van der Waals surface area (Å²) in [4.78, 5) is 31.5. The van der Waals surface area contributed by atoms with Crippen LogP contribution in [0.25, 0.3) is 26.2 Å². The number of thiophene rings is 1. The van der Waals surface area contributed by atoms with E-state index in [1.165, 1.54) is 17.4 Å². The molecule has 136 valence electrons. The number of carbonyl (C=O) groups is 2. The van der Waals surface area contributed by atoms with Gasteiger partial charge in [-0.05, 0) is 24.3 Å². The molecule has 5 rings (SSSR count). The lowest BCUT2D eigenvalue weighted by Gasteiger charge is -1.98. The van der Waals surface area contributed by atoms with Crippen molar-refractivity contribution in [2.75, 3.05) is 0 Å². The first-order valence-electron chi connectivity index (χ1n) is 8.37. The maximum absolute atomic E-state index is 13.8. The van der Waals surface area contributed by atoms with Gasteiger partial charge in [-0.25, -0.2) is 9.37 Å². The molecule has 3 nitrogen and oxygen atoms in total.